The van der Waals surface area contributed by atoms with Crippen molar-refractivity contribution in [1.82, 2.24) is 9.97 Å². The first kappa shape index (κ1) is 18.5. The fraction of sp³-hybridized carbons (Fsp3) is 0.0345. The highest BCUT2D eigenvalue weighted by molar-refractivity contribution is 6.12. The monoisotopic (exact) mass is 412 g/mol. The molecule has 4 aromatic carbocycles. The maximum atomic E-state index is 6.06. The van der Waals surface area contributed by atoms with Crippen molar-refractivity contribution in [3.8, 4) is 33.6 Å². The molecule has 0 unspecified atom stereocenters. The third kappa shape index (κ3) is 3.15. The van der Waals surface area contributed by atoms with Crippen LogP contribution < -0.4 is 0 Å². The minimum atomic E-state index is 0.764. The molecule has 2 heterocycles. The first-order valence-corrected chi connectivity index (χ1v) is 10.7. The zero-order valence-electron chi connectivity index (χ0n) is 17.6. The van der Waals surface area contributed by atoms with E-state index in [1.807, 2.05) is 49.4 Å². The Bertz CT molecular complexity index is 1560. The first-order valence-electron chi connectivity index (χ1n) is 10.7. The van der Waals surface area contributed by atoms with E-state index in [0.29, 0.717) is 0 Å². The molecule has 0 aliphatic carbocycles. The van der Waals surface area contributed by atoms with Crippen LogP contribution in [0.1, 0.15) is 5.82 Å². The Hall–Kier alpha value is -4.24. The molecule has 0 fully saturated rings. The molecule has 0 spiro atoms. The van der Waals surface area contributed by atoms with Crippen molar-refractivity contribution < 1.29 is 4.42 Å². The topological polar surface area (TPSA) is 38.9 Å². The lowest BCUT2D eigenvalue weighted by atomic mass is 9.98. The molecule has 0 amide bonds. The number of benzene rings is 4. The third-order valence-corrected chi connectivity index (χ3v) is 5.80. The first-order chi connectivity index (χ1) is 15.8. The van der Waals surface area contributed by atoms with Gasteiger partial charge in [0.15, 0.2) is 0 Å². The SMILES string of the molecule is Cc1nc(-c2ccccc2)cc(-c2ccc(-c3cccc4oc5ccccc5c34)cc2)n1. The summed E-state index contributed by atoms with van der Waals surface area (Å²) in [4.78, 5) is 9.32. The van der Waals surface area contributed by atoms with Crippen LogP contribution in [0.4, 0.5) is 0 Å². The summed E-state index contributed by atoms with van der Waals surface area (Å²) in [5, 5.41) is 2.29. The Balaban J connectivity index is 1.44. The third-order valence-electron chi connectivity index (χ3n) is 5.80. The average Bonchev–Trinajstić information content (AvgIpc) is 3.23. The zero-order chi connectivity index (χ0) is 21.5. The van der Waals surface area contributed by atoms with Crippen LogP contribution in [0.2, 0.25) is 0 Å². The van der Waals surface area contributed by atoms with E-state index in [1.165, 1.54) is 5.56 Å². The van der Waals surface area contributed by atoms with Crippen LogP contribution >= 0.6 is 0 Å². The van der Waals surface area contributed by atoms with Crippen molar-refractivity contribution in [1.29, 1.82) is 0 Å². The molecule has 0 radical (unpaired) electrons. The molecule has 3 heteroatoms. The Morgan fingerprint density at radius 1 is 0.562 bits per heavy atom. The van der Waals surface area contributed by atoms with Crippen LogP contribution in [0, 0.1) is 6.92 Å². The number of hydrogen-bond donors (Lipinski definition) is 0. The molecule has 0 bridgehead atoms. The van der Waals surface area contributed by atoms with E-state index in [-0.39, 0.29) is 0 Å². The lowest BCUT2D eigenvalue weighted by molar-refractivity contribution is 0.669. The number of furan rings is 1. The lowest BCUT2D eigenvalue weighted by Crippen LogP contribution is -1.94. The molecule has 0 aliphatic heterocycles. The van der Waals surface area contributed by atoms with Gasteiger partial charge in [0.05, 0.1) is 11.4 Å². The number of fused-ring (bicyclic) bond motifs is 3. The summed E-state index contributed by atoms with van der Waals surface area (Å²) in [7, 11) is 0. The molecule has 0 saturated carbocycles. The van der Waals surface area contributed by atoms with Crippen LogP contribution in [0.15, 0.2) is 108 Å². The fourth-order valence-corrected chi connectivity index (χ4v) is 4.31. The molecule has 0 N–H and O–H groups in total. The number of nitrogens with zero attached hydrogens (tertiary/aromatic N) is 2. The summed E-state index contributed by atoms with van der Waals surface area (Å²) in [6, 6.07) is 35.3. The van der Waals surface area contributed by atoms with E-state index in [4.69, 9.17) is 4.42 Å². The maximum Gasteiger partial charge on any atom is 0.136 e. The number of hydrogen-bond acceptors (Lipinski definition) is 3. The summed E-state index contributed by atoms with van der Waals surface area (Å²) in [6.07, 6.45) is 0. The van der Waals surface area contributed by atoms with Gasteiger partial charge in [0.2, 0.25) is 0 Å². The van der Waals surface area contributed by atoms with E-state index in [9.17, 15) is 0 Å². The Morgan fingerprint density at radius 3 is 1.97 bits per heavy atom. The van der Waals surface area contributed by atoms with Gasteiger partial charge in [-0.1, -0.05) is 84.9 Å². The van der Waals surface area contributed by atoms with Gasteiger partial charge in [0.25, 0.3) is 0 Å². The summed E-state index contributed by atoms with van der Waals surface area (Å²) in [5.41, 5.74) is 8.17. The predicted octanol–water partition coefficient (Wildman–Crippen LogP) is 7.69. The van der Waals surface area contributed by atoms with E-state index in [2.05, 4.69) is 70.6 Å². The van der Waals surface area contributed by atoms with Crippen molar-refractivity contribution in [2.45, 2.75) is 6.92 Å². The molecule has 3 nitrogen and oxygen atoms in total. The molecular formula is C29H20N2O. The van der Waals surface area contributed by atoms with Gasteiger partial charge >= 0.3 is 0 Å². The molecule has 0 atom stereocenters. The molecule has 152 valence electrons. The average molecular weight is 412 g/mol. The number of aryl methyl sites for hydroxylation is 1. The lowest BCUT2D eigenvalue weighted by Gasteiger charge is -2.08. The molecule has 6 rings (SSSR count). The second-order valence-electron chi connectivity index (χ2n) is 7.91. The Kier molecular flexibility index (Phi) is 4.32. The highest BCUT2D eigenvalue weighted by Gasteiger charge is 2.12. The van der Waals surface area contributed by atoms with Gasteiger partial charge in [-0.25, -0.2) is 9.97 Å². The fourth-order valence-electron chi connectivity index (χ4n) is 4.31. The van der Waals surface area contributed by atoms with Crippen molar-refractivity contribution in [2.75, 3.05) is 0 Å². The standard InChI is InChI=1S/C29H20N2O/c1-19-30-25(21-8-3-2-4-9-21)18-26(31-19)22-16-14-20(15-17-22)23-11-7-13-28-29(23)24-10-5-6-12-27(24)32-28/h2-18H,1H3. The van der Waals surface area contributed by atoms with Crippen molar-refractivity contribution >= 4 is 21.9 Å². The van der Waals surface area contributed by atoms with Gasteiger partial charge in [0.1, 0.15) is 17.0 Å². The molecule has 2 aromatic heterocycles. The van der Waals surface area contributed by atoms with Crippen molar-refractivity contribution in [3.05, 3.63) is 109 Å². The van der Waals surface area contributed by atoms with Crippen LogP contribution in [0.3, 0.4) is 0 Å². The summed E-state index contributed by atoms with van der Waals surface area (Å²) >= 11 is 0. The minimum Gasteiger partial charge on any atom is -0.456 e. The van der Waals surface area contributed by atoms with Crippen LogP contribution in [-0.4, -0.2) is 9.97 Å². The van der Waals surface area contributed by atoms with Crippen LogP contribution in [0.25, 0.3) is 55.6 Å². The van der Waals surface area contributed by atoms with E-state index >= 15 is 0 Å². The van der Waals surface area contributed by atoms with E-state index in [0.717, 1.165) is 55.8 Å². The quantitative estimate of drug-likeness (QED) is 0.299. The molecule has 6 aromatic rings. The maximum absolute atomic E-state index is 6.06. The second kappa shape index (κ2) is 7.47. The van der Waals surface area contributed by atoms with Gasteiger partial charge in [-0.05, 0) is 36.2 Å². The minimum absolute atomic E-state index is 0.764. The van der Waals surface area contributed by atoms with Crippen LogP contribution in [-0.2, 0) is 0 Å². The van der Waals surface area contributed by atoms with Gasteiger partial charge in [-0.2, -0.15) is 0 Å². The largest absolute Gasteiger partial charge is 0.456 e. The zero-order valence-corrected chi connectivity index (χ0v) is 17.6. The number of rotatable bonds is 3. The van der Waals surface area contributed by atoms with Gasteiger partial charge in [-0.15, -0.1) is 0 Å². The van der Waals surface area contributed by atoms with Crippen LogP contribution in [0.5, 0.6) is 0 Å². The summed E-state index contributed by atoms with van der Waals surface area (Å²) < 4.78 is 6.06. The van der Waals surface area contributed by atoms with E-state index in [1.54, 1.807) is 0 Å². The number of para-hydroxylation sites is 1. The molecule has 0 aliphatic rings. The summed E-state index contributed by atoms with van der Waals surface area (Å²) in [5.74, 6) is 0.764. The normalized spacial score (nSPS) is 11.3. The Morgan fingerprint density at radius 2 is 1.19 bits per heavy atom. The highest BCUT2D eigenvalue weighted by Crippen LogP contribution is 2.37. The second-order valence-corrected chi connectivity index (χ2v) is 7.91. The molecular weight excluding hydrogens is 392 g/mol. The van der Waals surface area contributed by atoms with E-state index < -0.39 is 0 Å². The van der Waals surface area contributed by atoms with Gasteiger partial charge in [-0.3, -0.25) is 0 Å². The Labute approximate surface area is 186 Å². The van der Waals surface area contributed by atoms with Crippen molar-refractivity contribution in [2.24, 2.45) is 0 Å². The molecule has 32 heavy (non-hydrogen) atoms. The van der Waals surface area contributed by atoms with Gasteiger partial charge < -0.3 is 4.42 Å². The predicted molar refractivity (Wildman–Crippen MR) is 130 cm³/mol. The van der Waals surface area contributed by atoms with Gasteiger partial charge in [0, 0.05) is 21.9 Å². The van der Waals surface area contributed by atoms with Crippen molar-refractivity contribution in [3.63, 3.8) is 0 Å². The summed E-state index contributed by atoms with van der Waals surface area (Å²) in [6.45, 7) is 1.94. The number of aromatic nitrogens is 2. The highest BCUT2D eigenvalue weighted by atomic mass is 16.3. The molecule has 0 saturated heterocycles. The smallest absolute Gasteiger partial charge is 0.136 e.